The zero-order chi connectivity index (χ0) is 7.68. The Bertz CT molecular complexity index is 371. The summed E-state index contributed by atoms with van der Waals surface area (Å²) in [6, 6.07) is 3.71. The van der Waals surface area contributed by atoms with Gasteiger partial charge in [-0.2, -0.15) is 0 Å². The Hall–Kier alpha value is -1.16. The van der Waals surface area contributed by atoms with Crippen LogP contribution < -0.4 is 4.74 Å². The van der Waals surface area contributed by atoms with Gasteiger partial charge in [0.2, 0.25) is 5.88 Å². The van der Waals surface area contributed by atoms with E-state index in [1.807, 2.05) is 12.1 Å². The van der Waals surface area contributed by atoms with Crippen molar-refractivity contribution >= 4 is 21.7 Å². The second-order valence-electron chi connectivity index (χ2n) is 2.03. The number of thiazole rings is 1. The lowest BCUT2D eigenvalue weighted by Crippen LogP contribution is -1.85. The van der Waals surface area contributed by atoms with E-state index in [0.717, 1.165) is 10.3 Å². The van der Waals surface area contributed by atoms with Crippen molar-refractivity contribution in [3.05, 3.63) is 17.6 Å². The zero-order valence-electron chi connectivity index (χ0n) is 5.94. The smallest absolute Gasteiger partial charge is 0.214 e. The van der Waals surface area contributed by atoms with Crippen LogP contribution in [-0.2, 0) is 0 Å². The minimum Gasteiger partial charge on any atom is -0.481 e. The van der Waals surface area contributed by atoms with Gasteiger partial charge in [-0.3, -0.25) is 0 Å². The number of methoxy groups -OCH3 is 1. The van der Waals surface area contributed by atoms with Crippen molar-refractivity contribution in [2.24, 2.45) is 0 Å². The van der Waals surface area contributed by atoms with E-state index < -0.39 is 0 Å². The van der Waals surface area contributed by atoms with Crippen LogP contribution in [0.25, 0.3) is 10.3 Å². The fourth-order valence-corrected chi connectivity index (χ4v) is 1.50. The van der Waals surface area contributed by atoms with E-state index in [4.69, 9.17) is 4.74 Å². The van der Waals surface area contributed by atoms with Gasteiger partial charge in [-0.25, -0.2) is 9.97 Å². The molecule has 2 rings (SSSR count). The van der Waals surface area contributed by atoms with Gasteiger partial charge in [0.25, 0.3) is 0 Å². The standard InChI is InChI=1S/C7H6N2OS/c1-10-6-3-2-5-7(9-6)11-4-8-5/h2-4H,1H3. The van der Waals surface area contributed by atoms with E-state index in [-0.39, 0.29) is 0 Å². The fraction of sp³-hybridized carbons (Fsp3) is 0.143. The van der Waals surface area contributed by atoms with E-state index in [1.54, 1.807) is 12.6 Å². The molecule has 0 aliphatic carbocycles. The average molecular weight is 166 g/mol. The molecule has 2 heterocycles. The monoisotopic (exact) mass is 166 g/mol. The average Bonchev–Trinajstić information content (AvgIpc) is 2.50. The van der Waals surface area contributed by atoms with Gasteiger partial charge in [0, 0.05) is 6.07 Å². The van der Waals surface area contributed by atoms with Crippen LogP contribution in [0.3, 0.4) is 0 Å². The molecule has 2 aromatic heterocycles. The number of nitrogens with zero attached hydrogens (tertiary/aromatic N) is 2. The number of hydrogen-bond acceptors (Lipinski definition) is 4. The Morgan fingerprint density at radius 1 is 1.45 bits per heavy atom. The van der Waals surface area contributed by atoms with Gasteiger partial charge < -0.3 is 4.74 Å². The van der Waals surface area contributed by atoms with Crippen LogP contribution in [0.2, 0.25) is 0 Å². The Kier molecular flexibility index (Phi) is 1.47. The van der Waals surface area contributed by atoms with Gasteiger partial charge >= 0.3 is 0 Å². The van der Waals surface area contributed by atoms with Crippen molar-refractivity contribution in [2.45, 2.75) is 0 Å². The molecule has 0 aliphatic rings. The third kappa shape index (κ3) is 1.05. The molecule has 0 spiro atoms. The van der Waals surface area contributed by atoms with Gasteiger partial charge in [-0.05, 0) is 6.07 Å². The van der Waals surface area contributed by atoms with E-state index in [1.165, 1.54) is 11.3 Å². The Balaban J connectivity index is 2.67. The van der Waals surface area contributed by atoms with Gasteiger partial charge in [-0.15, -0.1) is 11.3 Å². The predicted molar refractivity (Wildman–Crippen MR) is 44.0 cm³/mol. The van der Waals surface area contributed by atoms with Crippen LogP contribution >= 0.6 is 11.3 Å². The number of aromatic nitrogens is 2. The summed E-state index contributed by atoms with van der Waals surface area (Å²) in [4.78, 5) is 9.20. The maximum atomic E-state index is 4.96. The number of pyridine rings is 1. The van der Waals surface area contributed by atoms with Crippen LogP contribution in [0.5, 0.6) is 5.88 Å². The summed E-state index contributed by atoms with van der Waals surface area (Å²) in [7, 11) is 1.61. The highest BCUT2D eigenvalue weighted by molar-refractivity contribution is 7.16. The second kappa shape index (κ2) is 2.47. The Morgan fingerprint density at radius 2 is 2.36 bits per heavy atom. The maximum absolute atomic E-state index is 4.96. The first-order valence-corrected chi connectivity index (χ1v) is 4.02. The van der Waals surface area contributed by atoms with Crippen molar-refractivity contribution in [3.63, 3.8) is 0 Å². The molecule has 0 aliphatic heterocycles. The molecule has 0 unspecified atom stereocenters. The molecule has 4 heteroatoms. The molecule has 0 saturated carbocycles. The SMILES string of the molecule is COc1ccc2ncsc2n1. The summed E-state index contributed by atoms with van der Waals surface area (Å²) in [5.74, 6) is 0.641. The largest absolute Gasteiger partial charge is 0.481 e. The van der Waals surface area contributed by atoms with Gasteiger partial charge in [-0.1, -0.05) is 0 Å². The fourth-order valence-electron chi connectivity index (χ4n) is 0.848. The maximum Gasteiger partial charge on any atom is 0.214 e. The summed E-state index contributed by atoms with van der Waals surface area (Å²) < 4.78 is 4.96. The normalized spacial score (nSPS) is 10.3. The molecule has 0 atom stereocenters. The second-order valence-corrected chi connectivity index (χ2v) is 2.86. The molecule has 2 aromatic rings. The predicted octanol–water partition coefficient (Wildman–Crippen LogP) is 1.70. The molecule has 0 saturated heterocycles. The van der Waals surface area contributed by atoms with Crippen LogP contribution in [-0.4, -0.2) is 17.1 Å². The van der Waals surface area contributed by atoms with Gasteiger partial charge in [0.05, 0.1) is 12.6 Å². The van der Waals surface area contributed by atoms with Crippen molar-refractivity contribution in [1.82, 2.24) is 9.97 Å². The van der Waals surface area contributed by atoms with Crippen LogP contribution in [0.1, 0.15) is 0 Å². The first-order chi connectivity index (χ1) is 5.40. The first kappa shape index (κ1) is 6.54. The highest BCUT2D eigenvalue weighted by Crippen LogP contribution is 2.18. The summed E-state index contributed by atoms with van der Waals surface area (Å²) in [5.41, 5.74) is 2.70. The Morgan fingerprint density at radius 3 is 3.18 bits per heavy atom. The molecule has 0 radical (unpaired) electrons. The van der Waals surface area contributed by atoms with E-state index in [9.17, 15) is 0 Å². The topological polar surface area (TPSA) is 35.0 Å². The molecule has 0 aromatic carbocycles. The highest BCUT2D eigenvalue weighted by Gasteiger charge is 1.98. The van der Waals surface area contributed by atoms with Crippen molar-refractivity contribution in [3.8, 4) is 5.88 Å². The molecule has 56 valence electrons. The van der Waals surface area contributed by atoms with Crippen LogP contribution in [0.15, 0.2) is 17.6 Å². The molecular formula is C7H6N2OS. The van der Waals surface area contributed by atoms with E-state index >= 15 is 0 Å². The van der Waals surface area contributed by atoms with E-state index in [2.05, 4.69) is 9.97 Å². The quantitative estimate of drug-likeness (QED) is 0.646. The number of ether oxygens (including phenoxy) is 1. The molecule has 3 nitrogen and oxygen atoms in total. The summed E-state index contributed by atoms with van der Waals surface area (Å²) >= 11 is 1.51. The molecule has 11 heavy (non-hydrogen) atoms. The number of rotatable bonds is 1. The molecule has 0 bridgehead atoms. The lowest BCUT2D eigenvalue weighted by molar-refractivity contribution is 0.400. The van der Waals surface area contributed by atoms with Gasteiger partial charge in [0.15, 0.2) is 0 Å². The number of fused-ring (bicyclic) bond motifs is 1. The van der Waals surface area contributed by atoms with Crippen molar-refractivity contribution < 1.29 is 4.74 Å². The van der Waals surface area contributed by atoms with Crippen LogP contribution in [0.4, 0.5) is 0 Å². The molecule has 0 amide bonds. The van der Waals surface area contributed by atoms with Crippen LogP contribution in [0, 0.1) is 0 Å². The van der Waals surface area contributed by atoms with Crippen molar-refractivity contribution in [2.75, 3.05) is 7.11 Å². The molecular weight excluding hydrogens is 160 g/mol. The van der Waals surface area contributed by atoms with Gasteiger partial charge in [0.1, 0.15) is 10.3 Å². The third-order valence-electron chi connectivity index (χ3n) is 1.38. The first-order valence-electron chi connectivity index (χ1n) is 3.14. The zero-order valence-corrected chi connectivity index (χ0v) is 6.76. The summed E-state index contributed by atoms with van der Waals surface area (Å²) in [5, 5.41) is 0. The third-order valence-corrected chi connectivity index (χ3v) is 2.11. The minimum atomic E-state index is 0.641. The lowest BCUT2D eigenvalue weighted by Gasteiger charge is -1.95. The minimum absolute atomic E-state index is 0.641. The number of hydrogen-bond donors (Lipinski definition) is 0. The molecule has 0 N–H and O–H groups in total. The molecule has 0 fully saturated rings. The summed E-state index contributed by atoms with van der Waals surface area (Å²) in [6.45, 7) is 0. The summed E-state index contributed by atoms with van der Waals surface area (Å²) in [6.07, 6.45) is 0. The van der Waals surface area contributed by atoms with Crippen molar-refractivity contribution in [1.29, 1.82) is 0 Å². The Labute approximate surface area is 67.7 Å². The van der Waals surface area contributed by atoms with E-state index in [0.29, 0.717) is 5.88 Å². The highest BCUT2D eigenvalue weighted by atomic mass is 32.1. The lowest BCUT2D eigenvalue weighted by atomic mass is 10.4.